The zero-order valence-electron chi connectivity index (χ0n) is 14.1. The molecule has 0 aromatic carbocycles. The van der Waals surface area contributed by atoms with E-state index in [1.807, 2.05) is 0 Å². The minimum Gasteiger partial charge on any atom is -0.373 e. The molecule has 0 aliphatic carbocycles. The Balaban J connectivity index is 1.57. The van der Waals surface area contributed by atoms with Crippen molar-refractivity contribution in [2.45, 2.75) is 57.8 Å². The quantitative estimate of drug-likeness (QED) is 0.847. The number of carbonyl (C=O) groups is 1. The van der Waals surface area contributed by atoms with Gasteiger partial charge in [0.15, 0.2) is 0 Å². The summed E-state index contributed by atoms with van der Waals surface area (Å²) in [6, 6.07) is 0.417. The van der Waals surface area contributed by atoms with Crippen molar-refractivity contribution < 1.29 is 9.53 Å². The van der Waals surface area contributed by atoms with E-state index < -0.39 is 0 Å². The van der Waals surface area contributed by atoms with Gasteiger partial charge in [-0.25, -0.2) is 0 Å². The highest BCUT2D eigenvalue weighted by Crippen LogP contribution is 2.25. The van der Waals surface area contributed by atoms with Crippen LogP contribution in [0.25, 0.3) is 0 Å². The molecule has 3 atom stereocenters. The van der Waals surface area contributed by atoms with Gasteiger partial charge in [-0.15, -0.1) is 0 Å². The number of nitrogens with zero attached hydrogens (tertiary/aromatic N) is 2. The molecule has 126 valence electrons. The predicted molar refractivity (Wildman–Crippen MR) is 86.8 cm³/mol. The van der Waals surface area contributed by atoms with Gasteiger partial charge in [0.05, 0.1) is 12.2 Å². The van der Waals surface area contributed by atoms with E-state index >= 15 is 0 Å². The first kappa shape index (κ1) is 16.2. The third-order valence-electron chi connectivity index (χ3n) is 5.31. The van der Waals surface area contributed by atoms with Gasteiger partial charge in [0.25, 0.3) is 0 Å². The van der Waals surface area contributed by atoms with E-state index in [0.29, 0.717) is 24.2 Å². The van der Waals surface area contributed by atoms with Crippen LogP contribution in [0, 0.1) is 5.92 Å². The van der Waals surface area contributed by atoms with Crippen LogP contribution in [0.1, 0.15) is 39.5 Å². The fraction of sp³-hybridized carbons (Fsp3) is 0.941. The molecule has 0 unspecified atom stereocenters. The standard InChI is InChI=1S/C17H31N3O2/c1-13-10-19(11-14(2)22-13)12-16-4-3-9-20(16)17(21)15-5-7-18-8-6-15/h13-16,18H,3-12H2,1-2H3/t13-,14+,16-/m1/s1. The highest BCUT2D eigenvalue weighted by molar-refractivity contribution is 5.79. The van der Waals surface area contributed by atoms with Gasteiger partial charge in [0, 0.05) is 38.1 Å². The first-order valence-corrected chi connectivity index (χ1v) is 9.02. The molecule has 3 heterocycles. The molecule has 0 spiro atoms. The third kappa shape index (κ3) is 3.81. The van der Waals surface area contributed by atoms with E-state index in [1.54, 1.807) is 0 Å². The van der Waals surface area contributed by atoms with Crippen LogP contribution >= 0.6 is 0 Å². The Morgan fingerprint density at radius 3 is 2.50 bits per heavy atom. The van der Waals surface area contributed by atoms with Gasteiger partial charge in [-0.3, -0.25) is 9.69 Å². The van der Waals surface area contributed by atoms with Gasteiger partial charge in [0.2, 0.25) is 5.91 Å². The molecule has 3 fully saturated rings. The predicted octanol–water partition coefficient (Wildman–Crippen LogP) is 1.09. The molecule has 3 aliphatic heterocycles. The van der Waals surface area contributed by atoms with Crippen LogP contribution in [0.2, 0.25) is 0 Å². The van der Waals surface area contributed by atoms with Crippen molar-refractivity contribution in [3.8, 4) is 0 Å². The van der Waals surface area contributed by atoms with Gasteiger partial charge >= 0.3 is 0 Å². The molecule has 3 saturated heterocycles. The lowest BCUT2D eigenvalue weighted by molar-refractivity contribution is -0.138. The highest BCUT2D eigenvalue weighted by Gasteiger charge is 2.35. The number of nitrogens with one attached hydrogen (secondary N) is 1. The SMILES string of the molecule is C[C@@H]1CN(C[C@H]2CCCN2C(=O)C2CCNCC2)C[C@H](C)O1. The average Bonchev–Trinajstić information content (AvgIpc) is 2.94. The maximum atomic E-state index is 12.8. The van der Waals surface area contributed by atoms with Gasteiger partial charge in [-0.1, -0.05) is 0 Å². The number of likely N-dealkylation sites (tertiary alicyclic amines) is 1. The maximum absolute atomic E-state index is 12.8. The molecule has 5 nitrogen and oxygen atoms in total. The summed E-state index contributed by atoms with van der Waals surface area (Å²) in [6.45, 7) is 10.3. The third-order valence-corrected chi connectivity index (χ3v) is 5.31. The van der Waals surface area contributed by atoms with Crippen molar-refractivity contribution >= 4 is 5.91 Å². The molecule has 5 heteroatoms. The summed E-state index contributed by atoms with van der Waals surface area (Å²) < 4.78 is 5.82. The van der Waals surface area contributed by atoms with Crippen molar-refractivity contribution in [3.63, 3.8) is 0 Å². The minimum atomic E-state index is 0.254. The van der Waals surface area contributed by atoms with Crippen molar-refractivity contribution in [2.75, 3.05) is 39.3 Å². The van der Waals surface area contributed by atoms with Crippen molar-refractivity contribution in [2.24, 2.45) is 5.92 Å². The number of piperidine rings is 1. The molecule has 3 rings (SSSR count). The maximum Gasteiger partial charge on any atom is 0.226 e. The summed E-state index contributed by atoms with van der Waals surface area (Å²) in [4.78, 5) is 17.5. The molecular weight excluding hydrogens is 278 g/mol. The molecule has 0 aromatic rings. The Hall–Kier alpha value is -0.650. The second kappa shape index (κ2) is 7.28. The summed E-state index contributed by atoms with van der Waals surface area (Å²) in [7, 11) is 0. The number of morpholine rings is 1. The normalized spacial score (nSPS) is 35.0. The van der Waals surface area contributed by atoms with Crippen LogP contribution in [0.15, 0.2) is 0 Å². The van der Waals surface area contributed by atoms with Crippen molar-refractivity contribution in [3.05, 3.63) is 0 Å². The van der Waals surface area contributed by atoms with Crippen LogP contribution in [0.4, 0.5) is 0 Å². The average molecular weight is 309 g/mol. The zero-order valence-corrected chi connectivity index (χ0v) is 14.1. The Kier molecular flexibility index (Phi) is 5.37. The molecule has 22 heavy (non-hydrogen) atoms. The van der Waals surface area contributed by atoms with E-state index in [-0.39, 0.29) is 5.92 Å². The molecule has 0 bridgehead atoms. The smallest absolute Gasteiger partial charge is 0.226 e. The Morgan fingerprint density at radius 2 is 1.82 bits per heavy atom. The summed E-state index contributed by atoms with van der Waals surface area (Å²) in [5.74, 6) is 0.669. The molecule has 0 aromatic heterocycles. The van der Waals surface area contributed by atoms with Gasteiger partial charge in [-0.2, -0.15) is 0 Å². The lowest BCUT2D eigenvalue weighted by Crippen LogP contribution is -2.52. The van der Waals surface area contributed by atoms with E-state index in [1.165, 1.54) is 0 Å². The van der Waals surface area contributed by atoms with Gasteiger partial charge < -0.3 is 15.0 Å². The van der Waals surface area contributed by atoms with Crippen LogP contribution < -0.4 is 5.32 Å². The summed E-state index contributed by atoms with van der Waals surface area (Å²) >= 11 is 0. The molecule has 1 N–H and O–H groups in total. The van der Waals surface area contributed by atoms with Crippen molar-refractivity contribution in [1.29, 1.82) is 0 Å². The fourth-order valence-corrected chi connectivity index (χ4v) is 4.35. The lowest BCUT2D eigenvalue weighted by Gasteiger charge is -2.39. The Morgan fingerprint density at radius 1 is 1.14 bits per heavy atom. The number of carbonyl (C=O) groups excluding carboxylic acids is 1. The largest absolute Gasteiger partial charge is 0.373 e. The Bertz CT molecular complexity index is 374. The van der Waals surface area contributed by atoms with E-state index in [0.717, 1.165) is 65.0 Å². The summed E-state index contributed by atoms with van der Waals surface area (Å²) in [5.41, 5.74) is 0. The molecule has 0 saturated carbocycles. The fourth-order valence-electron chi connectivity index (χ4n) is 4.35. The first-order valence-electron chi connectivity index (χ1n) is 9.02. The van der Waals surface area contributed by atoms with Gasteiger partial charge in [0.1, 0.15) is 0 Å². The van der Waals surface area contributed by atoms with Crippen LogP contribution in [-0.2, 0) is 9.53 Å². The molecule has 0 radical (unpaired) electrons. The van der Waals surface area contributed by atoms with E-state index in [2.05, 4.69) is 29.0 Å². The van der Waals surface area contributed by atoms with Crippen LogP contribution in [0.3, 0.4) is 0 Å². The second-order valence-corrected chi connectivity index (χ2v) is 7.33. The van der Waals surface area contributed by atoms with E-state index in [9.17, 15) is 4.79 Å². The summed E-state index contributed by atoms with van der Waals surface area (Å²) in [6.07, 6.45) is 4.95. The molecule has 3 aliphatic rings. The van der Waals surface area contributed by atoms with Crippen molar-refractivity contribution in [1.82, 2.24) is 15.1 Å². The lowest BCUT2D eigenvalue weighted by atomic mass is 9.96. The summed E-state index contributed by atoms with van der Waals surface area (Å²) in [5, 5.41) is 3.35. The molecule has 1 amide bonds. The minimum absolute atomic E-state index is 0.254. The van der Waals surface area contributed by atoms with Crippen LogP contribution in [0.5, 0.6) is 0 Å². The Labute approximate surface area is 134 Å². The number of hydrogen-bond acceptors (Lipinski definition) is 4. The van der Waals surface area contributed by atoms with Crippen LogP contribution in [-0.4, -0.2) is 73.2 Å². The second-order valence-electron chi connectivity index (χ2n) is 7.33. The monoisotopic (exact) mass is 309 g/mol. The first-order chi connectivity index (χ1) is 10.6. The number of rotatable bonds is 3. The zero-order chi connectivity index (χ0) is 15.5. The molecular formula is C17H31N3O2. The number of ether oxygens (including phenoxy) is 1. The van der Waals surface area contributed by atoms with Gasteiger partial charge in [-0.05, 0) is 52.6 Å². The van der Waals surface area contributed by atoms with E-state index in [4.69, 9.17) is 4.74 Å². The topological polar surface area (TPSA) is 44.8 Å². The number of amides is 1. The highest BCUT2D eigenvalue weighted by atomic mass is 16.5. The number of hydrogen-bond donors (Lipinski definition) is 1.